The number of rotatable bonds is 3. The van der Waals surface area contributed by atoms with Gasteiger partial charge in [0.25, 0.3) is 0 Å². The molecule has 1 aromatic carbocycles. The fraction of sp³-hybridized carbons (Fsp3) is 0.125. The van der Waals surface area contributed by atoms with Crippen molar-refractivity contribution in [3.63, 3.8) is 0 Å². The number of hydrogen-bond donors (Lipinski definition) is 1. The smallest absolute Gasteiger partial charge is 0.145 e. The van der Waals surface area contributed by atoms with Gasteiger partial charge >= 0.3 is 0 Å². The summed E-state index contributed by atoms with van der Waals surface area (Å²) in [4.78, 5) is 8.46. The summed E-state index contributed by atoms with van der Waals surface area (Å²) in [6, 6.07) is 13.1. The Hall–Kier alpha value is -2.46. The van der Waals surface area contributed by atoms with Gasteiger partial charge in [0.2, 0.25) is 0 Å². The van der Waals surface area contributed by atoms with Crippen LogP contribution in [0.3, 0.4) is 0 Å². The van der Waals surface area contributed by atoms with Crippen LogP contribution in [-0.4, -0.2) is 15.1 Å². The monoisotopic (exact) mass is 266 g/mol. The molecule has 0 aliphatic heterocycles. The van der Waals surface area contributed by atoms with Gasteiger partial charge < -0.3 is 9.84 Å². The van der Waals surface area contributed by atoms with Crippen molar-refractivity contribution in [2.45, 2.75) is 13.0 Å². The van der Waals surface area contributed by atoms with E-state index in [0.29, 0.717) is 11.4 Å². The maximum Gasteiger partial charge on any atom is 0.145 e. The molecule has 4 nitrogen and oxygen atoms in total. The van der Waals surface area contributed by atoms with Gasteiger partial charge in [-0.05, 0) is 43.3 Å². The van der Waals surface area contributed by atoms with Gasteiger partial charge in [-0.15, -0.1) is 0 Å². The molecule has 0 saturated heterocycles. The predicted molar refractivity (Wildman–Crippen MR) is 76.7 cm³/mol. The zero-order valence-corrected chi connectivity index (χ0v) is 11.0. The van der Waals surface area contributed by atoms with Gasteiger partial charge in [0, 0.05) is 11.6 Å². The van der Waals surface area contributed by atoms with Crippen LogP contribution in [0.1, 0.15) is 18.7 Å². The summed E-state index contributed by atoms with van der Waals surface area (Å²) in [5, 5.41) is 10.4. The third kappa shape index (κ3) is 2.46. The molecule has 0 spiro atoms. The molecule has 1 N–H and O–H groups in total. The third-order valence-corrected chi connectivity index (χ3v) is 3.02. The van der Waals surface area contributed by atoms with E-state index in [-0.39, 0.29) is 0 Å². The molecular weight excluding hydrogens is 252 g/mol. The molecule has 0 unspecified atom stereocenters. The first-order valence-corrected chi connectivity index (χ1v) is 6.39. The van der Waals surface area contributed by atoms with Crippen LogP contribution in [0.4, 0.5) is 0 Å². The first-order chi connectivity index (χ1) is 9.74. The van der Waals surface area contributed by atoms with Crippen LogP contribution >= 0.6 is 0 Å². The topological polar surface area (TPSA) is 55.2 Å². The number of fused-ring (bicyclic) bond motifs is 1. The number of aromatic nitrogens is 2. The van der Waals surface area contributed by atoms with E-state index < -0.39 is 6.10 Å². The van der Waals surface area contributed by atoms with Crippen LogP contribution in [0.5, 0.6) is 11.5 Å². The first-order valence-electron chi connectivity index (χ1n) is 6.39. The Morgan fingerprint density at radius 2 is 1.95 bits per heavy atom. The first kappa shape index (κ1) is 12.6. The number of aliphatic hydroxyl groups is 1. The van der Waals surface area contributed by atoms with Gasteiger partial charge in [-0.2, -0.15) is 0 Å². The lowest BCUT2D eigenvalue weighted by Gasteiger charge is -2.09. The highest BCUT2D eigenvalue weighted by atomic mass is 16.5. The second-order valence-corrected chi connectivity index (χ2v) is 4.52. The summed E-state index contributed by atoms with van der Waals surface area (Å²) in [5.74, 6) is 1.37. The minimum atomic E-state index is -0.578. The molecule has 0 fully saturated rings. The maximum absolute atomic E-state index is 9.43. The second kappa shape index (κ2) is 5.27. The van der Waals surface area contributed by atoms with E-state index in [9.17, 15) is 5.11 Å². The van der Waals surface area contributed by atoms with Gasteiger partial charge in [0.15, 0.2) is 0 Å². The van der Waals surface area contributed by atoms with E-state index in [4.69, 9.17) is 4.74 Å². The van der Waals surface area contributed by atoms with E-state index in [0.717, 1.165) is 16.7 Å². The Morgan fingerprint density at radius 1 is 1.05 bits per heavy atom. The summed E-state index contributed by atoms with van der Waals surface area (Å²) in [6.45, 7) is 1.68. The van der Waals surface area contributed by atoms with Crippen molar-refractivity contribution in [1.29, 1.82) is 0 Å². The lowest BCUT2D eigenvalue weighted by Crippen LogP contribution is -1.95. The largest absolute Gasteiger partial charge is 0.455 e. The Kier molecular flexibility index (Phi) is 3.31. The lowest BCUT2D eigenvalue weighted by molar-refractivity contribution is 0.194. The Bertz CT molecular complexity index is 719. The van der Waals surface area contributed by atoms with Gasteiger partial charge in [0.1, 0.15) is 11.5 Å². The molecule has 2 heterocycles. The van der Waals surface area contributed by atoms with Crippen LogP contribution in [0, 0.1) is 0 Å². The lowest BCUT2D eigenvalue weighted by atomic mass is 10.2. The highest BCUT2D eigenvalue weighted by molar-refractivity contribution is 5.85. The van der Waals surface area contributed by atoms with E-state index in [1.807, 2.05) is 30.3 Å². The molecule has 0 radical (unpaired) electrons. The van der Waals surface area contributed by atoms with Crippen molar-refractivity contribution in [3.05, 3.63) is 60.6 Å². The third-order valence-electron chi connectivity index (χ3n) is 3.02. The normalized spacial score (nSPS) is 12.3. The number of aliphatic hydroxyl groups excluding tert-OH is 1. The molecule has 1 atom stereocenters. The van der Waals surface area contributed by atoms with E-state index in [1.165, 1.54) is 0 Å². The molecule has 0 bridgehead atoms. The number of benzene rings is 1. The molecule has 0 amide bonds. The van der Waals surface area contributed by atoms with Crippen LogP contribution in [-0.2, 0) is 0 Å². The molecule has 100 valence electrons. The molecular formula is C16H14N2O2. The highest BCUT2D eigenvalue weighted by Crippen LogP contribution is 2.28. The molecule has 0 saturated carbocycles. The van der Waals surface area contributed by atoms with Crippen LogP contribution < -0.4 is 4.74 Å². The minimum Gasteiger partial charge on any atom is -0.455 e. The summed E-state index contributed by atoms with van der Waals surface area (Å²) >= 11 is 0. The summed E-state index contributed by atoms with van der Waals surface area (Å²) in [6.07, 6.45) is 2.79. The van der Waals surface area contributed by atoms with Gasteiger partial charge in [-0.3, -0.25) is 9.97 Å². The number of nitrogens with zero attached hydrogens (tertiary/aromatic N) is 2. The minimum absolute atomic E-state index is 0.578. The van der Waals surface area contributed by atoms with Crippen molar-refractivity contribution >= 4 is 10.9 Å². The summed E-state index contributed by atoms with van der Waals surface area (Å²) in [7, 11) is 0. The van der Waals surface area contributed by atoms with Gasteiger partial charge in [-0.25, -0.2) is 0 Å². The Balaban J connectivity index is 1.93. The van der Waals surface area contributed by atoms with E-state index in [2.05, 4.69) is 9.97 Å². The molecule has 4 heteroatoms. The average molecular weight is 266 g/mol. The van der Waals surface area contributed by atoms with Crippen molar-refractivity contribution in [2.24, 2.45) is 0 Å². The molecule has 0 aliphatic carbocycles. The van der Waals surface area contributed by atoms with E-state index in [1.54, 1.807) is 31.5 Å². The molecule has 2 aromatic heterocycles. The molecule has 3 aromatic rings. The number of ether oxygens (including phenoxy) is 1. The van der Waals surface area contributed by atoms with Gasteiger partial charge in [0.05, 0.1) is 23.5 Å². The second-order valence-electron chi connectivity index (χ2n) is 4.52. The standard InChI is InChI=1S/C16H14N2O2/c1-11(19)14-8-7-12(10-18-14)20-16-6-2-5-15-13(16)4-3-9-17-15/h2-11,19H,1H3/t11-/m0/s1. The Morgan fingerprint density at radius 3 is 2.70 bits per heavy atom. The zero-order chi connectivity index (χ0) is 13.9. The van der Waals surface area contributed by atoms with Crippen molar-refractivity contribution in [3.8, 4) is 11.5 Å². The van der Waals surface area contributed by atoms with Crippen molar-refractivity contribution in [1.82, 2.24) is 9.97 Å². The van der Waals surface area contributed by atoms with Crippen LogP contribution in [0.25, 0.3) is 10.9 Å². The number of hydrogen-bond acceptors (Lipinski definition) is 4. The highest BCUT2D eigenvalue weighted by Gasteiger charge is 2.06. The number of pyridine rings is 2. The van der Waals surface area contributed by atoms with Crippen LogP contribution in [0.15, 0.2) is 54.9 Å². The summed E-state index contributed by atoms with van der Waals surface area (Å²) < 4.78 is 5.84. The van der Waals surface area contributed by atoms with Crippen LogP contribution in [0.2, 0.25) is 0 Å². The fourth-order valence-electron chi connectivity index (χ4n) is 1.99. The molecule has 20 heavy (non-hydrogen) atoms. The molecule has 3 rings (SSSR count). The van der Waals surface area contributed by atoms with Crippen molar-refractivity contribution in [2.75, 3.05) is 0 Å². The average Bonchev–Trinajstić information content (AvgIpc) is 2.48. The van der Waals surface area contributed by atoms with E-state index >= 15 is 0 Å². The molecule has 0 aliphatic rings. The summed E-state index contributed by atoms with van der Waals surface area (Å²) in [5.41, 5.74) is 1.51. The van der Waals surface area contributed by atoms with Gasteiger partial charge in [-0.1, -0.05) is 6.07 Å². The zero-order valence-electron chi connectivity index (χ0n) is 11.0. The van der Waals surface area contributed by atoms with Crippen molar-refractivity contribution < 1.29 is 9.84 Å². The fourth-order valence-corrected chi connectivity index (χ4v) is 1.99. The quantitative estimate of drug-likeness (QED) is 0.788. The Labute approximate surface area is 116 Å². The predicted octanol–water partition coefficient (Wildman–Crippen LogP) is 3.48. The maximum atomic E-state index is 9.43. The SMILES string of the molecule is C[C@H](O)c1ccc(Oc2cccc3ncccc23)cn1.